The zero-order chi connectivity index (χ0) is 10.4. The molecule has 0 aliphatic heterocycles. The molecule has 13 heavy (non-hydrogen) atoms. The van der Waals surface area contributed by atoms with Crippen LogP contribution in [0.1, 0.15) is 27.7 Å². The summed E-state index contributed by atoms with van der Waals surface area (Å²) in [7, 11) is 0. The van der Waals surface area contributed by atoms with Crippen molar-refractivity contribution < 1.29 is 4.79 Å². The molecule has 0 radical (unpaired) electrons. The largest absolute Gasteiger partial charge is 0.353 e. The molecule has 2 N–H and O–H groups in total. The number of carbonyl (C=O) groups is 1. The molecule has 3 heteroatoms. The van der Waals surface area contributed by atoms with E-state index in [-0.39, 0.29) is 24.0 Å². The first-order valence-corrected chi connectivity index (χ1v) is 4.50. The number of terminal acetylenes is 1. The molecule has 0 fully saturated rings. The van der Waals surface area contributed by atoms with Gasteiger partial charge in [0.05, 0.1) is 12.1 Å². The van der Waals surface area contributed by atoms with Crippen LogP contribution in [0.25, 0.3) is 0 Å². The monoisotopic (exact) mass is 182 g/mol. The van der Waals surface area contributed by atoms with E-state index in [9.17, 15) is 4.79 Å². The molecule has 1 amide bonds. The number of rotatable bonds is 4. The molecular weight excluding hydrogens is 164 g/mol. The summed E-state index contributed by atoms with van der Waals surface area (Å²) in [6.07, 6.45) is 5.18. The minimum Gasteiger partial charge on any atom is -0.353 e. The van der Waals surface area contributed by atoms with Crippen LogP contribution in [-0.2, 0) is 4.79 Å². The summed E-state index contributed by atoms with van der Waals surface area (Å²) in [6, 6.07) is -0.153. The molecule has 0 aromatic carbocycles. The van der Waals surface area contributed by atoms with Crippen LogP contribution in [0.5, 0.6) is 0 Å². The van der Waals surface area contributed by atoms with Crippen LogP contribution in [-0.4, -0.2) is 24.0 Å². The van der Waals surface area contributed by atoms with E-state index >= 15 is 0 Å². The quantitative estimate of drug-likeness (QED) is 0.622. The number of hydrogen-bond donors (Lipinski definition) is 2. The Hall–Kier alpha value is -1.01. The zero-order valence-electron chi connectivity index (χ0n) is 8.72. The summed E-state index contributed by atoms with van der Waals surface area (Å²) in [5.41, 5.74) is 0. The molecule has 0 spiro atoms. The first-order chi connectivity index (χ1) is 5.97. The van der Waals surface area contributed by atoms with Gasteiger partial charge in [0.2, 0.25) is 5.91 Å². The molecule has 2 unspecified atom stereocenters. The van der Waals surface area contributed by atoms with Crippen molar-refractivity contribution in [2.75, 3.05) is 0 Å². The Morgan fingerprint density at radius 3 is 2.23 bits per heavy atom. The normalized spacial score (nSPS) is 14.8. The Kier molecular flexibility index (Phi) is 5.17. The molecular formula is C10H18N2O. The van der Waals surface area contributed by atoms with E-state index < -0.39 is 0 Å². The van der Waals surface area contributed by atoms with Crippen molar-refractivity contribution in [2.24, 2.45) is 0 Å². The van der Waals surface area contributed by atoms with Gasteiger partial charge in [-0.1, -0.05) is 5.92 Å². The lowest BCUT2D eigenvalue weighted by atomic mass is 10.2. The van der Waals surface area contributed by atoms with Gasteiger partial charge in [-0.05, 0) is 27.7 Å². The van der Waals surface area contributed by atoms with E-state index in [1.807, 2.05) is 20.8 Å². The highest BCUT2D eigenvalue weighted by Crippen LogP contribution is 1.88. The van der Waals surface area contributed by atoms with Crippen molar-refractivity contribution in [3.63, 3.8) is 0 Å². The van der Waals surface area contributed by atoms with Crippen molar-refractivity contribution in [3.05, 3.63) is 0 Å². The Labute approximate surface area is 80.3 Å². The third-order valence-electron chi connectivity index (χ3n) is 1.57. The second kappa shape index (κ2) is 5.60. The lowest BCUT2D eigenvalue weighted by molar-refractivity contribution is -0.123. The average Bonchev–Trinajstić information content (AvgIpc) is 2.02. The predicted octanol–water partition coefficient (Wildman–Crippen LogP) is 0.511. The first kappa shape index (κ1) is 12.0. The molecule has 3 nitrogen and oxygen atoms in total. The van der Waals surface area contributed by atoms with Crippen molar-refractivity contribution in [3.8, 4) is 12.3 Å². The molecule has 74 valence electrons. The Bertz CT molecular complexity index is 205. The average molecular weight is 182 g/mol. The van der Waals surface area contributed by atoms with E-state index in [0.29, 0.717) is 0 Å². The van der Waals surface area contributed by atoms with Crippen molar-refractivity contribution in [1.82, 2.24) is 10.6 Å². The molecule has 2 atom stereocenters. The summed E-state index contributed by atoms with van der Waals surface area (Å²) in [6.45, 7) is 7.50. The minimum absolute atomic E-state index is 0.0166. The van der Waals surface area contributed by atoms with Crippen molar-refractivity contribution >= 4 is 5.91 Å². The van der Waals surface area contributed by atoms with Gasteiger partial charge in [0, 0.05) is 6.04 Å². The highest BCUT2D eigenvalue weighted by Gasteiger charge is 2.14. The smallest absolute Gasteiger partial charge is 0.237 e. The maximum absolute atomic E-state index is 11.4. The lowest BCUT2D eigenvalue weighted by Gasteiger charge is -2.17. The predicted molar refractivity (Wildman–Crippen MR) is 54.2 cm³/mol. The number of nitrogens with one attached hydrogen (secondary N) is 2. The Morgan fingerprint density at radius 2 is 1.85 bits per heavy atom. The molecule has 0 aromatic heterocycles. The second-order valence-corrected chi connectivity index (χ2v) is 3.44. The standard InChI is InChI=1S/C10H18N2O/c1-6-8(4)12-9(5)10(13)11-7(2)3/h1,7-9,12H,2-5H3,(H,11,13). The van der Waals surface area contributed by atoms with E-state index in [2.05, 4.69) is 16.6 Å². The highest BCUT2D eigenvalue weighted by atomic mass is 16.2. The van der Waals surface area contributed by atoms with E-state index in [1.54, 1.807) is 6.92 Å². The summed E-state index contributed by atoms with van der Waals surface area (Å²) < 4.78 is 0. The third kappa shape index (κ3) is 5.26. The van der Waals surface area contributed by atoms with Gasteiger partial charge in [-0.2, -0.15) is 0 Å². The van der Waals surface area contributed by atoms with E-state index in [1.165, 1.54) is 0 Å². The molecule has 0 aromatic rings. The topological polar surface area (TPSA) is 41.1 Å². The molecule has 0 saturated heterocycles. The summed E-state index contributed by atoms with van der Waals surface area (Å²) in [5.74, 6) is 2.50. The molecule has 0 saturated carbocycles. The fraction of sp³-hybridized carbons (Fsp3) is 0.700. The van der Waals surface area contributed by atoms with E-state index in [4.69, 9.17) is 6.42 Å². The Morgan fingerprint density at radius 1 is 1.31 bits per heavy atom. The number of amides is 1. The molecule has 0 bridgehead atoms. The molecule has 0 aliphatic rings. The van der Waals surface area contributed by atoms with Gasteiger partial charge >= 0.3 is 0 Å². The summed E-state index contributed by atoms with van der Waals surface area (Å²) >= 11 is 0. The van der Waals surface area contributed by atoms with Crippen LogP contribution in [0.15, 0.2) is 0 Å². The van der Waals surface area contributed by atoms with Gasteiger partial charge in [0.25, 0.3) is 0 Å². The molecule has 0 rings (SSSR count). The lowest BCUT2D eigenvalue weighted by Crippen LogP contribution is -2.47. The van der Waals surface area contributed by atoms with Crippen LogP contribution in [0.4, 0.5) is 0 Å². The van der Waals surface area contributed by atoms with Gasteiger partial charge in [0.1, 0.15) is 0 Å². The van der Waals surface area contributed by atoms with Gasteiger partial charge in [0.15, 0.2) is 0 Å². The maximum Gasteiger partial charge on any atom is 0.237 e. The number of carbonyl (C=O) groups excluding carboxylic acids is 1. The zero-order valence-corrected chi connectivity index (χ0v) is 8.72. The maximum atomic E-state index is 11.4. The van der Waals surface area contributed by atoms with Gasteiger partial charge in [-0.15, -0.1) is 6.42 Å². The van der Waals surface area contributed by atoms with Crippen LogP contribution in [0, 0.1) is 12.3 Å². The fourth-order valence-corrected chi connectivity index (χ4v) is 0.908. The SMILES string of the molecule is C#CC(C)NC(C)C(=O)NC(C)C. The first-order valence-electron chi connectivity index (χ1n) is 4.50. The Balaban J connectivity index is 3.91. The summed E-state index contributed by atoms with van der Waals surface area (Å²) in [4.78, 5) is 11.4. The molecule has 0 aliphatic carbocycles. The third-order valence-corrected chi connectivity index (χ3v) is 1.57. The van der Waals surface area contributed by atoms with Crippen LogP contribution < -0.4 is 10.6 Å². The van der Waals surface area contributed by atoms with Crippen LogP contribution in [0.3, 0.4) is 0 Å². The fourth-order valence-electron chi connectivity index (χ4n) is 0.908. The van der Waals surface area contributed by atoms with Gasteiger partial charge < -0.3 is 5.32 Å². The minimum atomic E-state index is -0.242. The van der Waals surface area contributed by atoms with Crippen LogP contribution in [0.2, 0.25) is 0 Å². The van der Waals surface area contributed by atoms with Gasteiger partial charge in [-0.3, -0.25) is 10.1 Å². The van der Waals surface area contributed by atoms with E-state index in [0.717, 1.165) is 0 Å². The summed E-state index contributed by atoms with van der Waals surface area (Å²) in [5, 5.41) is 5.79. The highest BCUT2D eigenvalue weighted by molar-refractivity contribution is 5.81. The van der Waals surface area contributed by atoms with Crippen LogP contribution >= 0.6 is 0 Å². The number of hydrogen-bond acceptors (Lipinski definition) is 2. The van der Waals surface area contributed by atoms with Gasteiger partial charge in [-0.25, -0.2) is 0 Å². The van der Waals surface area contributed by atoms with Crippen molar-refractivity contribution in [1.29, 1.82) is 0 Å². The van der Waals surface area contributed by atoms with Crippen molar-refractivity contribution in [2.45, 2.75) is 45.8 Å². The second-order valence-electron chi connectivity index (χ2n) is 3.44. The molecule has 0 heterocycles.